The predicted molar refractivity (Wildman–Crippen MR) is 110 cm³/mol. The molecule has 8 heteroatoms. The number of aromatic nitrogens is 2. The number of rotatable bonds is 5. The molecule has 6 nitrogen and oxygen atoms in total. The molecule has 0 bridgehead atoms. The van der Waals surface area contributed by atoms with Gasteiger partial charge in [-0.3, -0.25) is 14.2 Å². The van der Waals surface area contributed by atoms with E-state index in [1.54, 1.807) is 6.07 Å². The molecule has 2 aromatic carbocycles. The molecule has 0 aliphatic carbocycles. The Kier molecular flexibility index (Phi) is 5.26. The summed E-state index contributed by atoms with van der Waals surface area (Å²) in [6.07, 6.45) is 1.28. The molecule has 0 atom stereocenters. The fourth-order valence-electron chi connectivity index (χ4n) is 2.88. The summed E-state index contributed by atoms with van der Waals surface area (Å²) in [5.41, 5.74) is 0.830. The van der Waals surface area contributed by atoms with E-state index in [4.69, 9.17) is 4.42 Å². The van der Waals surface area contributed by atoms with Crippen molar-refractivity contribution in [2.45, 2.75) is 13.1 Å². The van der Waals surface area contributed by atoms with Crippen molar-refractivity contribution in [3.05, 3.63) is 87.3 Å². The number of hydrogen-bond donors (Lipinski definition) is 1. The van der Waals surface area contributed by atoms with Crippen LogP contribution >= 0.6 is 15.9 Å². The molecule has 0 spiro atoms. The van der Waals surface area contributed by atoms with E-state index >= 15 is 0 Å². The van der Waals surface area contributed by atoms with Crippen molar-refractivity contribution in [2.75, 3.05) is 0 Å². The normalized spacial score (nSPS) is 11.0. The van der Waals surface area contributed by atoms with Crippen molar-refractivity contribution in [1.29, 1.82) is 0 Å². The molecular formula is C21H15BrFN3O3. The van der Waals surface area contributed by atoms with Gasteiger partial charge in [0.1, 0.15) is 23.9 Å². The number of amides is 1. The number of fused-ring (bicyclic) bond motifs is 1. The van der Waals surface area contributed by atoms with Crippen LogP contribution in [0.5, 0.6) is 0 Å². The molecule has 146 valence electrons. The molecule has 0 radical (unpaired) electrons. The minimum atomic E-state index is -0.530. The van der Waals surface area contributed by atoms with Crippen LogP contribution in [0.15, 0.2) is 74.6 Å². The van der Waals surface area contributed by atoms with Gasteiger partial charge in [-0.2, -0.15) is 0 Å². The van der Waals surface area contributed by atoms with Gasteiger partial charge in [0.2, 0.25) is 5.91 Å². The van der Waals surface area contributed by atoms with Gasteiger partial charge in [0, 0.05) is 10.0 Å². The van der Waals surface area contributed by atoms with Gasteiger partial charge in [-0.05, 0) is 42.5 Å². The number of furan rings is 1. The van der Waals surface area contributed by atoms with Crippen molar-refractivity contribution in [3.8, 4) is 11.3 Å². The smallest absolute Gasteiger partial charge is 0.261 e. The Balaban J connectivity index is 1.42. The highest BCUT2D eigenvalue weighted by molar-refractivity contribution is 9.10. The maximum atomic E-state index is 13.4. The van der Waals surface area contributed by atoms with Gasteiger partial charge < -0.3 is 9.73 Å². The summed E-state index contributed by atoms with van der Waals surface area (Å²) < 4.78 is 21.3. The molecule has 0 unspecified atom stereocenters. The van der Waals surface area contributed by atoms with Crippen LogP contribution in [0, 0.1) is 5.82 Å². The Labute approximate surface area is 173 Å². The lowest BCUT2D eigenvalue weighted by atomic mass is 10.2. The Hall–Kier alpha value is -3.26. The highest BCUT2D eigenvalue weighted by Crippen LogP contribution is 2.23. The molecule has 2 aromatic heterocycles. The van der Waals surface area contributed by atoms with Gasteiger partial charge >= 0.3 is 0 Å². The van der Waals surface area contributed by atoms with E-state index in [0.29, 0.717) is 17.0 Å². The molecule has 0 fully saturated rings. The second kappa shape index (κ2) is 8.00. The number of benzene rings is 2. The lowest BCUT2D eigenvalue weighted by molar-refractivity contribution is -0.121. The third-order valence-electron chi connectivity index (χ3n) is 4.35. The van der Waals surface area contributed by atoms with Gasteiger partial charge in [-0.1, -0.05) is 28.1 Å². The number of nitrogens with zero attached hydrogens (tertiary/aromatic N) is 2. The molecule has 4 aromatic rings. The summed E-state index contributed by atoms with van der Waals surface area (Å²) in [6, 6.07) is 15.1. The minimum Gasteiger partial charge on any atom is -0.459 e. The van der Waals surface area contributed by atoms with E-state index < -0.39 is 11.4 Å². The lowest BCUT2D eigenvalue weighted by Gasteiger charge is -2.07. The van der Waals surface area contributed by atoms with Crippen molar-refractivity contribution in [3.63, 3.8) is 0 Å². The summed E-state index contributed by atoms with van der Waals surface area (Å²) in [5, 5.41) is 2.84. The van der Waals surface area contributed by atoms with E-state index in [2.05, 4.69) is 26.2 Å². The van der Waals surface area contributed by atoms with Crippen molar-refractivity contribution in [1.82, 2.24) is 14.9 Å². The van der Waals surface area contributed by atoms with E-state index in [-0.39, 0.29) is 24.4 Å². The van der Waals surface area contributed by atoms with Crippen LogP contribution in [-0.2, 0) is 17.9 Å². The third kappa shape index (κ3) is 4.27. The average Bonchev–Trinajstić information content (AvgIpc) is 3.18. The average molecular weight is 456 g/mol. The third-order valence-corrected chi connectivity index (χ3v) is 4.88. The van der Waals surface area contributed by atoms with Crippen molar-refractivity contribution < 1.29 is 13.6 Å². The first-order chi connectivity index (χ1) is 14.0. The van der Waals surface area contributed by atoms with Gasteiger partial charge in [0.25, 0.3) is 5.56 Å². The summed E-state index contributed by atoms with van der Waals surface area (Å²) in [6.45, 7) is -0.0433. The zero-order chi connectivity index (χ0) is 20.4. The Morgan fingerprint density at radius 2 is 1.93 bits per heavy atom. The zero-order valence-corrected chi connectivity index (χ0v) is 16.6. The zero-order valence-electron chi connectivity index (χ0n) is 15.1. The highest BCUT2D eigenvalue weighted by atomic mass is 79.9. The number of halogens is 2. The molecule has 1 N–H and O–H groups in total. The largest absolute Gasteiger partial charge is 0.459 e. The quantitative estimate of drug-likeness (QED) is 0.495. The molecule has 4 rings (SSSR count). The first-order valence-corrected chi connectivity index (χ1v) is 9.55. The SMILES string of the molecule is O=C(Cn1cnc2ccc(F)cc2c1=O)NCc1ccc(-c2ccc(Br)cc2)o1. The van der Waals surface area contributed by atoms with Gasteiger partial charge in [0.05, 0.1) is 23.8 Å². The maximum absolute atomic E-state index is 13.4. The Morgan fingerprint density at radius 3 is 2.72 bits per heavy atom. The second-order valence-electron chi connectivity index (χ2n) is 6.39. The molecule has 2 heterocycles. The van der Waals surface area contributed by atoms with Crippen molar-refractivity contribution >= 4 is 32.7 Å². The fraction of sp³-hybridized carbons (Fsp3) is 0.0952. The van der Waals surface area contributed by atoms with E-state index in [9.17, 15) is 14.0 Å². The predicted octanol–water partition coefficient (Wildman–Crippen LogP) is 3.87. The minimum absolute atomic E-state index is 0.130. The summed E-state index contributed by atoms with van der Waals surface area (Å²) in [4.78, 5) is 28.8. The standard InChI is InChI=1S/C21H15BrFN3O3/c22-14-3-1-13(2-4-14)19-8-6-16(29-19)10-24-20(27)11-26-12-25-18-7-5-15(23)9-17(18)21(26)28/h1-9,12H,10-11H2,(H,24,27). The molecule has 0 aliphatic heterocycles. The number of nitrogens with one attached hydrogen (secondary N) is 1. The molecule has 1 amide bonds. The number of hydrogen-bond acceptors (Lipinski definition) is 4. The molecule has 0 aliphatic rings. The Bertz CT molecular complexity index is 1250. The van der Waals surface area contributed by atoms with Crippen LogP contribution in [-0.4, -0.2) is 15.5 Å². The molecule has 0 saturated heterocycles. The van der Waals surface area contributed by atoms with E-state index in [0.717, 1.165) is 20.7 Å². The van der Waals surface area contributed by atoms with Gasteiger partial charge in [-0.25, -0.2) is 9.37 Å². The highest BCUT2D eigenvalue weighted by Gasteiger charge is 2.10. The number of carbonyl (C=O) groups is 1. The topological polar surface area (TPSA) is 77.1 Å². The van der Waals surface area contributed by atoms with Crippen LogP contribution in [0.2, 0.25) is 0 Å². The van der Waals surface area contributed by atoms with Crippen LogP contribution < -0.4 is 10.9 Å². The van der Waals surface area contributed by atoms with Gasteiger partial charge in [0.15, 0.2) is 0 Å². The van der Waals surface area contributed by atoms with Crippen LogP contribution in [0.3, 0.4) is 0 Å². The van der Waals surface area contributed by atoms with Crippen LogP contribution in [0.4, 0.5) is 4.39 Å². The fourth-order valence-corrected chi connectivity index (χ4v) is 3.15. The lowest BCUT2D eigenvalue weighted by Crippen LogP contribution is -2.32. The van der Waals surface area contributed by atoms with Crippen LogP contribution in [0.25, 0.3) is 22.2 Å². The molecule has 0 saturated carbocycles. The maximum Gasteiger partial charge on any atom is 0.261 e. The number of carbonyl (C=O) groups excluding carboxylic acids is 1. The first kappa shape index (κ1) is 19.1. The van der Waals surface area contributed by atoms with E-state index in [1.165, 1.54) is 18.5 Å². The van der Waals surface area contributed by atoms with Crippen LogP contribution in [0.1, 0.15) is 5.76 Å². The second-order valence-corrected chi connectivity index (χ2v) is 7.30. The monoisotopic (exact) mass is 455 g/mol. The molecule has 29 heavy (non-hydrogen) atoms. The summed E-state index contributed by atoms with van der Waals surface area (Å²) in [5.74, 6) is 0.366. The Morgan fingerprint density at radius 1 is 1.14 bits per heavy atom. The van der Waals surface area contributed by atoms with E-state index in [1.807, 2.05) is 30.3 Å². The summed E-state index contributed by atoms with van der Waals surface area (Å²) in [7, 11) is 0. The molecular weight excluding hydrogens is 441 g/mol. The van der Waals surface area contributed by atoms with Crippen molar-refractivity contribution in [2.24, 2.45) is 0 Å². The first-order valence-electron chi connectivity index (χ1n) is 8.76. The summed E-state index contributed by atoms with van der Waals surface area (Å²) >= 11 is 3.39. The van der Waals surface area contributed by atoms with Gasteiger partial charge in [-0.15, -0.1) is 0 Å².